The molecule has 0 aliphatic rings. The summed E-state index contributed by atoms with van der Waals surface area (Å²) in [6.07, 6.45) is 12.8. The van der Waals surface area contributed by atoms with Crippen LogP contribution in [0.2, 0.25) is 18.1 Å². The van der Waals surface area contributed by atoms with Crippen molar-refractivity contribution in [2.75, 3.05) is 5.33 Å². The summed E-state index contributed by atoms with van der Waals surface area (Å²) in [5, 5.41) is 1.50. The van der Waals surface area contributed by atoms with E-state index in [0.29, 0.717) is 11.1 Å². The SMILES string of the molecule is C[C@@H](CCCCCCCCCCBr)O[Si](C)(C)C(C)(C)C. The fourth-order valence-electron chi connectivity index (χ4n) is 2.33. The van der Waals surface area contributed by atoms with Gasteiger partial charge in [0.25, 0.3) is 0 Å². The van der Waals surface area contributed by atoms with E-state index in [9.17, 15) is 0 Å². The molecule has 0 heterocycles. The Hall–Kier alpha value is 0.657. The molecule has 1 atom stereocenters. The van der Waals surface area contributed by atoms with Crippen LogP contribution < -0.4 is 0 Å². The number of halogens is 1. The molecule has 0 radical (unpaired) electrons. The Morgan fingerprint density at radius 1 is 0.857 bits per heavy atom. The minimum absolute atomic E-state index is 0.330. The molecule has 3 heteroatoms. The lowest BCUT2D eigenvalue weighted by Gasteiger charge is -2.38. The molecule has 1 nitrogen and oxygen atoms in total. The summed E-state index contributed by atoms with van der Waals surface area (Å²) in [6, 6.07) is 0. The van der Waals surface area contributed by atoms with Gasteiger partial charge in [-0.25, -0.2) is 0 Å². The highest BCUT2D eigenvalue weighted by Crippen LogP contribution is 2.37. The van der Waals surface area contributed by atoms with E-state index in [-0.39, 0.29) is 0 Å². The normalized spacial score (nSPS) is 14.4. The second kappa shape index (κ2) is 11.2. The van der Waals surface area contributed by atoms with E-state index in [1.165, 1.54) is 63.1 Å². The molecule has 0 unspecified atom stereocenters. The standard InChI is InChI=1S/C18H39BrOSi/c1-17(20-21(5,6)18(2,3)4)15-13-11-9-7-8-10-12-14-16-19/h17H,7-16H2,1-6H3/t17-/m0/s1. The lowest BCUT2D eigenvalue weighted by molar-refractivity contribution is 0.185. The molecule has 0 N–H and O–H groups in total. The van der Waals surface area contributed by atoms with E-state index in [2.05, 4.69) is 56.7 Å². The molecule has 0 aromatic rings. The maximum Gasteiger partial charge on any atom is 0.192 e. The van der Waals surface area contributed by atoms with Crippen LogP contribution in [0, 0.1) is 0 Å². The summed E-state index contributed by atoms with van der Waals surface area (Å²) in [6.45, 7) is 13.9. The summed E-state index contributed by atoms with van der Waals surface area (Å²) in [7, 11) is -1.57. The first-order valence-electron chi connectivity index (χ1n) is 8.94. The van der Waals surface area contributed by atoms with Gasteiger partial charge in [0.05, 0.1) is 0 Å². The highest BCUT2D eigenvalue weighted by Gasteiger charge is 2.38. The highest BCUT2D eigenvalue weighted by molar-refractivity contribution is 9.09. The van der Waals surface area contributed by atoms with Gasteiger partial charge in [0.1, 0.15) is 0 Å². The summed E-state index contributed by atoms with van der Waals surface area (Å²) in [5.74, 6) is 0. The highest BCUT2D eigenvalue weighted by atomic mass is 79.9. The minimum atomic E-state index is -1.57. The Balaban J connectivity index is 3.56. The average Bonchev–Trinajstić information content (AvgIpc) is 2.35. The molecule has 0 fully saturated rings. The molecule has 0 aliphatic carbocycles. The summed E-state index contributed by atoms with van der Waals surface area (Å²) in [4.78, 5) is 0. The molecule has 0 saturated heterocycles. The number of hydrogen-bond acceptors (Lipinski definition) is 1. The molecular weight excluding hydrogens is 340 g/mol. The second-order valence-electron chi connectivity index (χ2n) is 7.99. The lowest BCUT2D eigenvalue weighted by atomic mass is 10.1. The van der Waals surface area contributed by atoms with Gasteiger partial charge in [0.15, 0.2) is 8.32 Å². The predicted molar refractivity (Wildman–Crippen MR) is 103 cm³/mol. The zero-order valence-corrected chi connectivity index (χ0v) is 18.0. The average molecular weight is 379 g/mol. The Morgan fingerprint density at radius 2 is 1.29 bits per heavy atom. The van der Waals surface area contributed by atoms with Crippen LogP contribution in [0.4, 0.5) is 0 Å². The van der Waals surface area contributed by atoms with Crippen LogP contribution in [-0.2, 0) is 4.43 Å². The molecule has 0 rings (SSSR count). The molecule has 0 bridgehead atoms. The molecule has 0 aliphatic heterocycles. The smallest absolute Gasteiger partial charge is 0.192 e. The van der Waals surface area contributed by atoms with E-state index in [1.54, 1.807) is 0 Å². The van der Waals surface area contributed by atoms with Crippen LogP contribution >= 0.6 is 15.9 Å². The van der Waals surface area contributed by atoms with Crippen LogP contribution in [-0.4, -0.2) is 19.8 Å². The van der Waals surface area contributed by atoms with Crippen molar-refractivity contribution in [3.05, 3.63) is 0 Å². The molecule has 0 aromatic carbocycles. The van der Waals surface area contributed by atoms with Gasteiger partial charge >= 0.3 is 0 Å². The van der Waals surface area contributed by atoms with Crippen LogP contribution in [0.1, 0.15) is 85.5 Å². The largest absolute Gasteiger partial charge is 0.414 e. The maximum absolute atomic E-state index is 6.41. The summed E-state index contributed by atoms with van der Waals surface area (Å²) in [5.41, 5.74) is 0. The first-order chi connectivity index (χ1) is 9.70. The van der Waals surface area contributed by atoms with Crippen LogP contribution in [0.25, 0.3) is 0 Å². The Labute approximate surface area is 143 Å². The minimum Gasteiger partial charge on any atom is -0.414 e. The van der Waals surface area contributed by atoms with Crippen LogP contribution in [0.5, 0.6) is 0 Å². The van der Waals surface area contributed by atoms with Gasteiger partial charge in [0.2, 0.25) is 0 Å². The number of alkyl halides is 1. The van der Waals surface area contributed by atoms with Crippen molar-refractivity contribution < 1.29 is 4.43 Å². The Bertz CT molecular complexity index is 248. The van der Waals surface area contributed by atoms with E-state index >= 15 is 0 Å². The fourth-order valence-corrected chi connectivity index (χ4v) is 4.20. The number of rotatable bonds is 12. The topological polar surface area (TPSA) is 9.23 Å². The second-order valence-corrected chi connectivity index (χ2v) is 13.5. The molecule has 0 saturated carbocycles. The molecule has 0 aromatic heterocycles. The van der Waals surface area contributed by atoms with Gasteiger partial charge in [-0.2, -0.15) is 0 Å². The van der Waals surface area contributed by atoms with E-state index < -0.39 is 8.32 Å². The predicted octanol–water partition coefficient (Wildman–Crippen LogP) is 7.30. The molecule has 21 heavy (non-hydrogen) atoms. The van der Waals surface area contributed by atoms with Crippen molar-refractivity contribution in [3.63, 3.8) is 0 Å². The van der Waals surface area contributed by atoms with Crippen molar-refractivity contribution in [1.82, 2.24) is 0 Å². The van der Waals surface area contributed by atoms with Crippen molar-refractivity contribution in [2.24, 2.45) is 0 Å². The number of hydrogen-bond donors (Lipinski definition) is 0. The zero-order chi connectivity index (χ0) is 16.4. The Kier molecular flexibility index (Phi) is 11.6. The van der Waals surface area contributed by atoms with E-state index in [1.807, 2.05) is 0 Å². The number of unbranched alkanes of at least 4 members (excludes halogenated alkanes) is 7. The van der Waals surface area contributed by atoms with Gasteiger partial charge in [-0.05, 0) is 37.9 Å². The third-order valence-corrected chi connectivity index (χ3v) is 9.96. The van der Waals surface area contributed by atoms with Gasteiger partial charge in [-0.3, -0.25) is 0 Å². The van der Waals surface area contributed by atoms with Gasteiger partial charge in [-0.15, -0.1) is 0 Å². The summed E-state index contributed by atoms with van der Waals surface area (Å²) < 4.78 is 6.41. The summed E-state index contributed by atoms with van der Waals surface area (Å²) >= 11 is 3.49. The molecule has 0 amide bonds. The molecule has 128 valence electrons. The Morgan fingerprint density at radius 3 is 1.71 bits per heavy atom. The molecular formula is C18H39BrOSi. The third-order valence-electron chi connectivity index (χ3n) is 4.80. The van der Waals surface area contributed by atoms with Crippen molar-refractivity contribution in [1.29, 1.82) is 0 Å². The van der Waals surface area contributed by atoms with E-state index in [4.69, 9.17) is 4.43 Å². The van der Waals surface area contributed by atoms with Crippen molar-refractivity contribution >= 4 is 24.2 Å². The maximum atomic E-state index is 6.41. The zero-order valence-electron chi connectivity index (χ0n) is 15.4. The van der Waals surface area contributed by atoms with Gasteiger partial charge < -0.3 is 4.43 Å². The van der Waals surface area contributed by atoms with Crippen LogP contribution in [0.15, 0.2) is 0 Å². The first kappa shape index (κ1) is 21.7. The third kappa shape index (κ3) is 10.9. The van der Waals surface area contributed by atoms with Crippen molar-refractivity contribution in [2.45, 2.75) is 110 Å². The van der Waals surface area contributed by atoms with Crippen LogP contribution in [0.3, 0.4) is 0 Å². The van der Waals surface area contributed by atoms with Crippen molar-refractivity contribution in [3.8, 4) is 0 Å². The monoisotopic (exact) mass is 378 g/mol. The lowest BCUT2D eigenvalue weighted by Crippen LogP contribution is -2.43. The van der Waals surface area contributed by atoms with Gasteiger partial charge in [-0.1, -0.05) is 81.6 Å². The van der Waals surface area contributed by atoms with E-state index in [0.717, 1.165) is 0 Å². The quantitative estimate of drug-likeness (QED) is 0.196. The first-order valence-corrected chi connectivity index (χ1v) is 13.0. The fraction of sp³-hybridized carbons (Fsp3) is 1.00. The van der Waals surface area contributed by atoms with Gasteiger partial charge in [0, 0.05) is 11.4 Å². The molecule has 0 spiro atoms.